The van der Waals surface area contributed by atoms with E-state index in [0.29, 0.717) is 5.56 Å². The second kappa shape index (κ2) is 17.4. The van der Waals surface area contributed by atoms with E-state index < -0.39 is 150 Å². The van der Waals surface area contributed by atoms with E-state index in [4.69, 9.17) is 5.73 Å². The number of benzene rings is 6. The van der Waals surface area contributed by atoms with E-state index in [0.717, 1.165) is 17.3 Å². The van der Waals surface area contributed by atoms with Crippen molar-refractivity contribution < 1.29 is 97.2 Å². The minimum atomic E-state index is -7.22. The first-order valence-electron chi connectivity index (χ1n) is 17.4. The van der Waals surface area contributed by atoms with Crippen molar-refractivity contribution in [3.05, 3.63) is 194 Å². The van der Waals surface area contributed by atoms with Crippen LogP contribution in [0.25, 0.3) is 10.8 Å². The Morgan fingerprint density at radius 1 is 0.400 bits per heavy atom. The average Bonchev–Trinajstić information content (AvgIpc) is 3.29. The van der Waals surface area contributed by atoms with Gasteiger partial charge >= 0.3 is 0 Å². The maximum absolute atomic E-state index is 15.4. The Bertz CT molecular complexity index is 2730. The molecular weight excluding hydrogens is 927 g/mol. The van der Waals surface area contributed by atoms with E-state index in [2.05, 4.69) is 22.9 Å². The van der Waals surface area contributed by atoms with Gasteiger partial charge < -0.3 is 5.73 Å². The highest BCUT2D eigenvalue weighted by atomic mass is 19.2. The van der Waals surface area contributed by atoms with Crippen molar-refractivity contribution in [2.24, 2.45) is 5.73 Å². The van der Waals surface area contributed by atoms with Gasteiger partial charge in [-0.3, -0.25) is 4.79 Å². The molecule has 1 heterocycles. The number of hydrogen-bond donors (Lipinski definition) is 1. The summed E-state index contributed by atoms with van der Waals surface area (Å²) in [5.74, 6) is -71.8. The fraction of sp³-hybridized carbons (Fsp3) is 0.0244. The third-order valence-corrected chi connectivity index (χ3v) is 10.0. The highest BCUT2D eigenvalue weighted by molar-refractivity contribution is 7.20. The SMILES string of the molecule is Fc1c(F)c(F)c([B-](c2c(F)c(F)c(F)c(F)c2F)(c2c(F)c(F)c(F)c(F)c2F)c2c(F)c(F)c(F)c(F)c2F)c(F)c1F.NC(=O)c1ccc2c[n+](Cc3ccccc3)ccc2c1. The van der Waals surface area contributed by atoms with Crippen molar-refractivity contribution in [1.29, 1.82) is 0 Å². The van der Waals surface area contributed by atoms with Crippen LogP contribution < -0.4 is 32.2 Å². The molecule has 0 aliphatic heterocycles. The molecule has 0 spiro atoms. The van der Waals surface area contributed by atoms with Gasteiger partial charge in [0.05, 0.1) is 0 Å². The third-order valence-electron chi connectivity index (χ3n) is 10.0. The zero-order valence-electron chi connectivity index (χ0n) is 31.1. The molecular formula is C41H15BF20N2O. The molecule has 0 fully saturated rings. The molecule has 0 unspecified atom stereocenters. The van der Waals surface area contributed by atoms with Crippen LogP contribution >= 0.6 is 0 Å². The number of primary amides is 1. The number of halogens is 20. The highest BCUT2D eigenvalue weighted by Crippen LogP contribution is 2.31. The van der Waals surface area contributed by atoms with Crippen molar-refractivity contribution in [3.8, 4) is 0 Å². The summed E-state index contributed by atoms with van der Waals surface area (Å²) >= 11 is 0. The molecule has 1 aromatic heterocycles. The third kappa shape index (κ3) is 7.52. The topological polar surface area (TPSA) is 47.0 Å². The average molecular weight is 942 g/mol. The summed E-state index contributed by atoms with van der Waals surface area (Å²) in [6.07, 6.45) is -3.13. The maximum atomic E-state index is 15.4. The number of aromatic nitrogens is 1. The van der Waals surface area contributed by atoms with Gasteiger partial charge in [-0.1, -0.05) is 30.3 Å². The summed E-state index contributed by atoms with van der Waals surface area (Å²) < 4.78 is 296. The lowest BCUT2D eigenvalue weighted by Gasteiger charge is -2.44. The largest absolute Gasteiger partial charge is 0.366 e. The molecule has 24 heteroatoms. The molecule has 0 saturated heterocycles. The van der Waals surface area contributed by atoms with Crippen LogP contribution in [-0.2, 0) is 6.54 Å². The molecule has 0 aliphatic rings. The van der Waals surface area contributed by atoms with E-state index in [-0.39, 0.29) is 0 Å². The van der Waals surface area contributed by atoms with Crippen LogP contribution in [-0.4, -0.2) is 12.1 Å². The molecule has 338 valence electrons. The first-order valence-corrected chi connectivity index (χ1v) is 17.4. The van der Waals surface area contributed by atoms with Crippen LogP contribution in [0.15, 0.2) is 67.0 Å². The highest BCUT2D eigenvalue weighted by Gasteiger charge is 2.52. The second-order valence-corrected chi connectivity index (χ2v) is 13.6. The molecule has 0 radical (unpaired) electrons. The number of carbonyl (C=O) groups excluding carboxylic acids is 1. The lowest BCUT2D eigenvalue weighted by molar-refractivity contribution is -0.687. The van der Waals surface area contributed by atoms with Crippen LogP contribution in [0.1, 0.15) is 15.9 Å². The normalized spacial score (nSPS) is 11.6. The predicted octanol–water partition coefficient (Wildman–Crippen LogP) is 8.12. The number of nitrogens with two attached hydrogens (primary N) is 1. The van der Waals surface area contributed by atoms with Gasteiger partial charge in [0.25, 0.3) is 0 Å². The Labute approximate surface area is 348 Å². The van der Waals surface area contributed by atoms with Gasteiger partial charge in [-0.15, -0.1) is 21.9 Å². The van der Waals surface area contributed by atoms with Gasteiger partial charge in [0, 0.05) is 22.6 Å². The molecule has 0 atom stereocenters. The van der Waals surface area contributed by atoms with Crippen molar-refractivity contribution in [2.45, 2.75) is 6.54 Å². The van der Waals surface area contributed by atoms with Crippen LogP contribution in [0.3, 0.4) is 0 Å². The maximum Gasteiger partial charge on any atom is 0.248 e. The molecule has 3 nitrogen and oxygen atoms in total. The summed E-state index contributed by atoms with van der Waals surface area (Å²) in [5.41, 5.74) is -7.24. The Morgan fingerprint density at radius 2 is 0.708 bits per heavy atom. The molecule has 6 aromatic carbocycles. The first kappa shape index (κ1) is 47.3. The summed E-state index contributed by atoms with van der Waals surface area (Å²) in [4.78, 5) is 11.2. The standard InChI is InChI=1S/C24BF20.C17H14N2O/c26-5-1(6(27)14(35)21(42)13(5)34)25(2-7(28)15(36)22(43)16(37)8(2)29,3-9(30)17(38)23(44)18(39)10(3)31)4-11(32)19(40)24(45)20(41)12(4)33;18-17(20)15-6-7-16-12-19(9-8-14(16)10-15)11-13-4-2-1-3-5-13/h;1-10,12H,11H2,(H-,18,20)/q-1;/p+1. The summed E-state index contributed by atoms with van der Waals surface area (Å²) in [6.45, 7) is 0.828. The molecule has 0 saturated carbocycles. The Morgan fingerprint density at radius 3 is 1.02 bits per heavy atom. The zero-order valence-corrected chi connectivity index (χ0v) is 31.1. The summed E-state index contributed by atoms with van der Waals surface area (Å²) in [6, 6.07) is 17.8. The second-order valence-electron chi connectivity index (χ2n) is 13.6. The number of carbonyl (C=O) groups is 1. The van der Waals surface area contributed by atoms with Gasteiger partial charge in [-0.05, 0) is 23.6 Å². The van der Waals surface area contributed by atoms with Crippen LogP contribution in [0.5, 0.6) is 0 Å². The summed E-state index contributed by atoms with van der Waals surface area (Å²) in [7, 11) is 0. The van der Waals surface area contributed by atoms with Crippen molar-refractivity contribution >= 4 is 44.7 Å². The molecule has 2 N–H and O–H groups in total. The van der Waals surface area contributed by atoms with E-state index in [1.807, 2.05) is 42.6 Å². The van der Waals surface area contributed by atoms with Gasteiger partial charge in [0.1, 0.15) is 52.7 Å². The van der Waals surface area contributed by atoms with E-state index in [1.165, 1.54) is 5.56 Å². The predicted molar refractivity (Wildman–Crippen MR) is 187 cm³/mol. The zero-order chi connectivity index (χ0) is 48.3. The van der Waals surface area contributed by atoms with Crippen molar-refractivity contribution in [1.82, 2.24) is 0 Å². The van der Waals surface area contributed by atoms with Crippen LogP contribution in [0.4, 0.5) is 87.8 Å². The molecule has 7 rings (SSSR count). The monoisotopic (exact) mass is 942 g/mol. The number of amides is 1. The molecule has 7 aromatic rings. The Hall–Kier alpha value is -7.14. The number of hydrogen-bond acceptors (Lipinski definition) is 1. The van der Waals surface area contributed by atoms with Crippen LogP contribution in [0, 0.1) is 116 Å². The molecule has 0 bridgehead atoms. The van der Waals surface area contributed by atoms with Gasteiger partial charge in [-0.25, -0.2) is 92.4 Å². The van der Waals surface area contributed by atoms with Gasteiger partial charge in [0.15, 0.2) is 88.7 Å². The van der Waals surface area contributed by atoms with Crippen molar-refractivity contribution in [2.75, 3.05) is 0 Å². The van der Waals surface area contributed by atoms with Crippen LogP contribution in [0.2, 0.25) is 0 Å². The smallest absolute Gasteiger partial charge is 0.248 e. The van der Waals surface area contributed by atoms with E-state index in [1.54, 1.807) is 6.07 Å². The van der Waals surface area contributed by atoms with E-state index >= 15 is 35.1 Å². The fourth-order valence-electron chi connectivity index (χ4n) is 7.15. The van der Waals surface area contributed by atoms with Crippen molar-refractivity contribution in [3.63, 3.8) is 0 Å². The molecule has 65 heavy (non-hydrogen) atoms. The summed E-state index contributed by atoms with van der Waals surface area (Å²) in [5, 5.41) is 2.11. The minimum absolute atomic E-state index is 0.395. The number of fused-ring (bicyclic) bond motifs is 1. The number of pyridine rings is 1. The fourth-order valence-corrected chi connectivity index (χ4v) is 7.15. The molecule has 0 aliphatic carbocycles. The lowest BCUT2D eigenvalue weighted by Crippen LogP contribution is -2.81. The lowest BCUT2D eigenvalue weighted by atomic mass is 9.12. The Kier molecular flexibility index (Phi) is 12.7. The first-order chi connectivity index (χ1) is 30.4. The van der Waals surface area contributed by atoms with Gasteiger partial charge in [-0.2, -0.15) is 0 Å². The van der Waals surface area contributed by atoms with E-state index in [9.17, 15) is 57.5 Å². The number of rotatable bonds is 7. The Balaban J connectivity index is 0.000000289. The quantitative estimate of drug-likeness (QED) is 0.0568. The minimum Gasteiger partial charge on any atom is -0.366 e. The van der Waals surface area contributed by atoms with Gasteiger partial charge in [0.2, 0.25) is 5.91 Å². The number of nitrogens with zero attached hydrogens (tertiary/aromatic N) is 1. The molecule has 1 amide bonds.